The van der Waals surface area contributed by atoms with Crippen LogP contribution in [-0.4, -0.2) is 42.8 Å². The van der Waals surface area contributed by atoms with Gasteiger partial charge < -0.3 is 14.7 Å². The van der Waals surface area contributed by atoms with Crippen molar-refractivity contribution >= 4 is 32.5 Å². The molecular formula is C42H51NO6S. The number of aliphatic carboxylic acids is 1. The summed E-state index contributed by atoms with van der Waals surface area (Å²) in [5, 5.41) is 11.2. The van der Waals surface area contributed by atoms with Crippen LogP contribution in [0.2, 0.25) is 0 Å². The average Bonchev–Trinajstić information content (AvgIpc) is 3.32. The highest BCUT2D eigenvalue weighted by atomic mass is 32.2. The van der Waals surface area contributed by atoms with Gasteiger partial charge in [-0.15, -0.1) is 0 Å². The first-order chi connectivity index (χ1) is 23.6. The van der Waals surface area contributed by atoms with Crippen LogP contribution in [0.4, 0.5) is 5.69 Å². The van der Waals surface area contributed by atoms with E-state index in [2.05, 4.69) is 77.3 Å². The van der Waals surface area contributed by atoms with Gasteiger partial charge in [-0.2, -0.15) is 8.42 Å². The number of benzene rings is 3. The number of ether oxygens (including phenoxy) is 1. The van der Waals surface area contributed by atoms with Crippen molar-refractivity contribution < 1.29 is 27.6 Å². The number of hydrogen-bond donors (Lipinski definition) is 2. The molecule has 3 aromatic carbocycles. The number of allylic oxidation sites excluding steroid dienone is 1. The second-order valence-corrected chi connectivity index (χ2v) is 16.7. The molecule has 0 saturated carbocycles. The molecule has 0 radical (unpaired) electrons. The topological polar surface area (TPSA) is 104 Å². The fourth-order valence-corrected chi connectivity index (χ4v) is 9.14. The van der Waals surface area contributed by atoms with Crippen LogP contribution in [-0.2, 0) is 43.3 Å². The second-order valence-electron chi connectivity index (χ2n) is 15.3. The standard InChI is InChI=1S/C37H39NO6S.C5H12/c1-21-27-20-28-32(44-31(27)8-6-7-23-10-9-22(18-33(39)40)17-29(23)36(21,2)3)15-16-38-30-14-11-24-19-25(45(41,42)43)12-13-26(24)34(30)37(4,5)35(28)38;1-3-5-4-2/h9-14,17,19-20,31-32H,1,6-8,15-16,18H2,2-5H3,(H,39,40)(H,41,42,43);3-5H2,1-2H3. The van der Waals surface area contributed by atoms with E-state index in [1.807, 2.05) is 18.2 Å². The van der Waals surface area contributed by atoms with Gasteiger partial charge in [-0.1, -0.05) is 97.7 Å². The van der Waals surface area contributed by atoms with Crippen LogP contribution in [0.3, 0.4) is 0 Å². The van der Waals surface area contributed by atoms with E-state index in [0.717, 1.165) is 82.1 Å². The van der Waals surface area contributed by atoms with Crippen molar-refractivity contribution in [2.75, 3.05) is 11.4 Å². The molecule has 3 heterocycles. The van der Waals surface area contributed by atoms with Gasteiger partial charge >= 0.3 is 5.97 Å². The summed E-state index contributed by atoms with van der Waals surface area (Å²) in [6.07, 6.45) is 9.86. The van der Waals surface area contributed by atoms with Crippen LogP contribution in [0.1, 0.15) is 102 Å². The first-order valence-corrected chi connectivity index (χ1v) is 19.5. The summed E-state index contributed by atoms with van der Waals surface area (Å²) >= 11 is 0. The largest absolute Gasteiger partial charge is 0.481 e. The van der Waals surface area contributed by atoms with Crippen molar-refractivity contribution in [3.63, 3.8) is 0 Å². The van der Waals surface area contributed by atoms with Crippen molar-refractivity contribution in [1.82, 2.24) is 0 Å². The molecule has 3 aliphatic heterocycles. The van der Waals surface area contributed by atoms with Crippen LogP contribution < -0.4 is 4.90 Å². The third-order valence-electron chi connectivity index (χ3n) is 11.2. The van der Waals surface area contributed by atoms with Gasteiger partial charge in [0.15, 0.2) is 0 Å². The van der Waals surface area contributed by atoms with E-state index in [4.69, 9.17) is 4.74 Å². The Morgan fingerprint density at radius 1 is 0.980 bits per heavy atom. The highest BCUT2D eigenvalue weighted by Crippen LogP contribution is 2.55. The van der Waals surface area contributed by atoms with E-state index < -0.39 is 26.9 Å². The SMILES string of the molecule is C=C1C2=CC3=C4N(CCC3OC2CCCc2ccc(CC(=O)O)cc2C1(C)C)c1ccc2cc(S(=O)(=O)O)ccc2c1C4(C)C.CCCCC. The second kappa shape index (κ2) is 13.4. The molecule has 0 bridgehead atoms. The Labute approximate surface area is 297 Å². The molecule has 1 aliphatic carbocycles. The zero-order valence-corrected chi connectivity index (χ0v) is 31.1. The predicted molar refractivity (Wildman–Crippen MR) is 201 cm³/mol. The first-order valence-electron chi connectivity index (χ1n) is 18.1. The zero-order valence-electron chi connectivity index (χ0n) is 30.3. The van der Waals surface area contributed by atoms with Crippen LogP contribution in [0.15, 0.2) is 88.5 Å². The van der Waals surface area contributed by atoms with Gasteiger partial charge in [0.2, 0.25) is 0 Å². The minimum Gasteiger partial charge on any atom is -0.481 e. The fourth-order valence-electron chi connectivity index (χ4n) is 8.62. The summed E-state index contributed by atoms with van der Waals surface area (Å²) in [5.74, 6) is -0.841. The molecule has 266 valence electrons. The number of carbonyl (C=O) groups is 1. The van der Waals surface area contributed by atoms with Crippen molar-refractivity contribution in [3.05, 3.63) is 106 Å². The lowest BCUT2D eigenvalue weighted by atomic mass is 9.71. The zero-order chi connectivity index (χ0) is 36.2. The summed E-state index contributed by atoms with van der Waals surface area (Å²) in [6.45, 7) is 18.7. The molecule has 8 heteroatoms. The van der Waals surface area contributed by atoms with Crippen molar-refractivity contribution in [1.29, 1.82) is 0 Å². The molecule has 50 heavy (non-hydrogen) atoms. The first kappa shape index (κ1) is 36.1. The van der Waals surface area contributed by atoms with E-state index in [9.17, 15) is 22.9 Å². The summed E-state index contributed by atoms with van der Waals surface area (Å²) in [7, 11) is -4.31. The van der Waals surface area contributed by atoms with Gasteiger partial charge in [0.25, 0.3) is 10.1 Å². The molecule has 2 atom stereocenters. The van der Waals surface area contributed by atoms with Gasteiger partial charge in [0, 0.05) is 34.3 Å². The number of hydrogen-bond acceptors (Lipinski definition) is 5. The third kappa shape index (κ3) is 6.35. The molecule has 0 fully saturated rings. The highest BCUT2D eigenvalue weighted by molar-refractivity contribution is 7.85. The van der Waals surface area contributed by atoms with E-state index in [0.29, 0.717) is 0 Å². The number of rotatable bonds is 5. The number of aryl methyl sites for hydroxylation is 1. The van der Waals surface area contributed by atoms with E-state index in [-0.39, 0.29) is 23.5 Å². The molecule has 0 saturated heterocycles. The molecular weight excluding hydrogens is 647 g/mol. The van der Waals surface area contributed by atoms with Crippen LogP contribution in [0, 0.1) is 0 Å². The van der Waals surface area contributed by atoms with Crippen molar-refractivity contribution in [2.45, 2.75) is 121 Å². The van der Waals surface area contributed by atoms with Gasteiger partial charge in [-0.3, -0.25) is 9.35 Å². The monoisotopic (exact) mass is 697 g/mol. The van der Waals surface area contributed by atoms with Crippen LogP contribution in [0.5, 0.6) is 0 Å². The normalized spacial score (nSPS) is 22.0. The van der Waals surface area contributed by atoms with Gasteiger partial charge in [0.1, 0.15) is 0 Å². The number of fused-ring (bicyclic) bond motifs is 8. The maximum absolute atomic E-state index is 11.9. The highest BCUT2D eigenvalue weighted by Gasteiger charge is 2.48. The van der Waals surface area contributed by atoms with Gasteiger partial charge in [0.05, 0.1) is 23.5 Å². The Bertz CT molecular complexity index is 2030. The molecule has 7 nitrogen and oxygen atoms in total. The molecule has 0 aromatic heterocycles. The quantitative estimate of drug-likeness (QED) is 0.256. The molecule has 7 rings (SSSR count). The lowest BCUT2D eigenvalue weighted by Gasteiger charge is -2.43. The Hall–Kier alpha value is -3.72. The van der Waals surface area contributed by atoms with Gasteiger partial charge in [-0.25, -0.2) is 0 Å². The number of anilines is 1. The average molecular weight is 698 g/mol. The smallest absolute Gasteiger partial charge is 0.307 e. The van der Waals surface area contributed by atoms with Crippen molar-refractivity contribution in [2.24, 2.45) is 0 Å². The maximum Gasteiger partial charge on any atom is 0.307 e. The van der Waals surface area contributed by atoms with E-state index in [1.54, 1.807) is 6.07 Å². The van der Waals surface area contributed by atoms with Crippen LogP contribution >= 0.6 is 0 Å². The molecule has 0 amide bonds. The molecule has 2 unspecified atom stereocenters. The molecule has 3 aromatic rings. The minimum atomic E-state index is -4.31. The van der Waals surface area contributed by atoms with Crippen LogP contribution in [0.25, 0.3) is 10.8 Å². The number of unbranched alkanes of at least 4 members (excludes halogenated alkanes) is 2. The Balaban J connectivity index is 0.000000808. The minimum absolute atomic E-state index is 0.0144. The molecule has 0 spiro atoms. The number of nitrogens with zero attached hydrogens (tertiary/aromatic N) is 1. The third-order valence-corrected chi connectivity index (χ3v) is 12.0. The van der Waals surface area contributed by atoms with Gasteiger partial charge in [-0.05, 0) is 94.1 Å². The molecule has 4 aliphatic rings. The summed E-state index contributed by atoms with van der Waals surface area (Å²) < 4.78 is 40.4. The predicted octanol–water partition coefficient (Wildman–Crippen LogP) is 9.23. The fraction of sp³-hybridized carbons (Fsp3) is 0.452. The van der Waals surface area contributed by atoms with E-state index in [1.165, 1.54) is 36.6 Å². The number of carboxylic acid groups (broad SMARTS) is 1. The lowest BCUT2D eigenvalue weighted by Crippen LogP contribution is -2.42. The van der Waals surface area contributed by atoms with Crippen molar-refractivity contribution in [3.8, 4) is 0 Å². The summed E-state index contributed by atoms with van der Waals surface area (Å²) in [5.41, 5.74) is 9.01. The maximum atomic E-state index is 11.9. The summed E-state index contributed by atoms with van der Waals surface area (Å²) in [6, 6.07) is 14.9. The number of carboxylic acids is 1. The lowest BCUT2D eigenvalue weighted by molar-refractivity contribution is -0.136. The van der Waals surface area contributed by atoms with E-state index >= 15 is 0 Å². The Morgan fingerprint density at radius 3 is 2.38 bits per heavy atom. The molecule has 2 N–H and O–H groups in total. The Morgan fingerprint density at radius 2 is 1.72 bits per heavy atom. The summed E-state index contributed by atoms with van der Waals surface area (Å²) in [4.78, 5) is 13.8. The Kier molecular flexibility index (Phi) is 9.70.